The zero-order valence-corrected chi connectivity index (χ0v) is 14.6. The Morgan fingerprint density at radius 2 is 2.17 bits per heavy atom. The van der Waals surface area contributed by atoms with Crippen molar-refractivity contribution in [3.8, 4) is 6.01 Å². The molecule has 9 nitrogen and oxygen atoms in total. The van der Waals surface area contributed by atoms with E-state index in [1.807, 2.05) is 0 Å². The van der Waals surface area contributed by atoms with Gasteiger partial charge in [-0.05, 0) is 11.8 Å². The highest BCUT2D eigenvalue weighted by atomic mass is 16.5. The number of hydrazine groups is 2. The number of fused-ring (bicyclic) bond motifs is 1. The summed E-state index contributed by atoms with van der Waals surface area (Å²) in [7, 11) is 0. The summed E-state index contributed by atoms with van der Waals surface area (Å²) < 4.78 is 5.77. The van der Waals surface area contributed by atoms with Crippen molar-refractivity contribution in [3.63, 3.8) is 0 Å². The maximum atomic E-state index is 11.3. The van der Waals surface area contributed by atoms with E-state index in [1.54, 1.807) is 6.92 Å². The van der Waals surface area contributed by atoms with Crippen LogP contribution in [-0.2, 0) is 4.79 Å². The molecule has 1 saturated heterocycles. The van der Waals surface area contributed by atoms with E-state index in [4.69, 9.17) is 4.74 Å². The molecule has 132 valence electrons. The van der Waals surface area contributed by atoms with Crippen molar-refractivity contribution < 1.29 is 9.53 Å². The van der Waals surface area contributed by atoms with Gasteiger partial charge in [0.2, 0.25) is 5.91 Å². The van der Waals surface area contributed by atoms with E-state index in [9.17, 15) is 4.79 Å². The Balaban J connectivity index is 1.79. The third-order valence-electron chi connectivity index (χ3n) is 3.77. The molecule has 4 N–H and O–H groups in total. The van der Waals surface area contributed by atoms with Gasteiger partial charge in [-0.15, -0.1) is 5.53 Å². The zero-order chi connectivity index (χ0) is 17.3. The van der Waals surface area contributed by atoms with Crippen molar-refractivity contribution in [2.24, 2.45) is 5.41 Å². The lowest BCUT2D eigenvalue weighted by Gasteiger charge is -2.22. The summed E-state index contributed by atoms with van der Waals surface area (Å²) >= 11 is 0. The lowest BCUT2D eigenvalue weighted by atomic mass is 9.99. The van der Waals surface area contributed by atoms with Crippen molar-refractivity contribution in [1.29, 1.82) is 0 Å². The number of nitrogens with zero attached hydrogens (tertiary/aromatic N) is 3. The van der Waals surface area contributed by atoms with E-state index in [-0.39, 0.29) is 17.4 Å². The molecule has 2 aliphatic heterocycles. The van der Waals surface area contributed by atoms with E-state index >= 15 is 0 Å². The average molecular weight is 335 g/mol. The minimum atomic E-state index is -0.00887. The van der Waals surface area contributed by atoms with Crippen LogP contribution in [0.3, 0.4) is 0 Å². The second kappa shape index (κ2) is 6.31. The molecule has 2 aliphatic rings. The lowest BCUT2D eigenvalue weighted by molar-refractivity contribution is -0.119. The van der Waals surface area contributed by atoms with Gasteiger partial charge < -0.3 is 15.0 Å². The smallest absolute Gasteiger partial charge is 0.320 e. The third-order valence-corrected chi connectivity index (χ3v) is 3.77. The predicted molar refractivity (Wildman–Crippen MR) is 91.8 cm³/mol. The molecule has 3 heterocycles. The number of hydrogen-bond acceptors (Lipinski definition) is 8. The number of ether oxygens (including phenoxy) is 1. The average Bonchev–Trinajstić information content (AvgIpc) is 3.11. The van der Waals surface area contributed by atoms with Gasteiger partial charge in [-0.25, -0.2) is 0 Å². The molecule has 0 aliphatic carbocycles. The predicted octanol–water partition coefficient (Wildman–Crippen LogP) is 0.873. The monoisotopic (exact) mass is 335 g/mol. The van der Waals surface area contributed by atoms with Gasteiger partial charge in [-0.3, -0.25) is 15.6 Å². The highest BCUT2D eigenvalue weighted by molar-refractivity contribution is 5.80. The number of amides is 1. The molecule has 0 aromatic carbocycles. The Morgan fingerprint density at radius 1 is 1.38 bits per heavy atom. The molecule has 0 saturated carbocycles. The Bertz CT molecular complexity index is 629. The van der Waals surface area contributed by atoms with Gasteiger partial charge in [-0.1, -0.05) is 20.8 Å². The third kappa shape index (κ3) is 3.78. The standard InChI is InChI=1S/C15H25N7O2/c1-9(23)16-10-5-6-22(7-10)13-11-12(20-21-19-11)17-14(18-13)24-8-15(2,3)4/h10,19,21H,5-8H2,1-4H3,(H,16,23)(H,17,18,20). The lowest BCUT2D eigenvalue weighted by Crippen LogP contribution is -2.35. The molecule has 24 heavy (non-hydrogen) atoms. The van der Waals surface area contributed by atoms with Crippen molar-refractivity contribution in [1.82, 2.24) is 20.8 Å². The maximum absolute atomic E-state index is 11.3. The van der Waals surface area contributed by atoms with Gasteiger partial charge in [-0.2, -0.15) is 9.97 Å². The van der Waals surface area contributed by atoms with Crippen molar-refractivity contribution in [2.45, 2.75) is 40.2 Å². The van der Waals surface area contributed by atoms with E-state index in [0.717, 1.165) is 24.5 Å². The minimum absolute atomic E-state index is 0.00887. The Hall–Kier alpha value is -2.29. The Kier molecular flexibility index (Phi) is 4.35. The van der Waals surface area contributed by atoms with Crippen molar-refractivity contribution in [3.05, 3.63) is 0 Å². The number of carbonyl (C=O) groups is 1. The number of rotatable bonds is 4. The molecule has 1 atom stereocenters. The van der Waals surface area contributed by atoms with E-state index in [0.29, 0.717) is 25.0 Å². The van der Waals surface area contributed by atoms with Crippen LogP contribution in [0.5, 0.6) is 6.01 Å². The van der Waals surface area contributed by atoms with E-state index < -0.39 is 0 Å². The minimum Gasteiger partial charge on any atom is -0.463 e. The molecule has 0 bridgehead atoms. The molecule has 1 amide bonds. The summed E-state index contributed by atoms with van der Waals surface area (Å²) in [6.07, 6.45) is 0.886. The normalized spacial score (nSPS) is 19.5. The first-order valence-electron chi connectivity index (χ1n) is 8.16. The van der Waals surface area contributed by atoms with Gasteiger partial charge in [0.25, 0.3) is 0 Å². The Morgan fingerprint density at radius 3 is 2.88 bits per heavy atom. The molecular formula is C15H25N7O2. The van der Waals surface area contributed by atoms with Gasteiger partial charge in [0.15, 0.2) is 11.6 Å². The summed E-state index contributed by atoms with van der Waals surface area (Å²) in [4.78, 5) is 22.4. The first kappa shape index (κ1) is 16.6. The number of anilines is 3. The second-order valence-electron chi connectivity index (χ2n) is 7.41. The largest absolute Gasteiger partial charge is 0.463 e. The van der Waals surface area contributed by atoms with Gasteiger partial charge >= 0.3 is 6.01 Å². The van der Waals surface area contributed by atoms with Crippen LogP contribution in [0.4, 0.5) is 17.3 Å². The quantitative estimate of drug-likeness (QED) is 0.643. The summed E-state index contributed by atoms with van der Waals surface area (Å²) in [6.45, 7) is 9.89. The van der Waals surface area contributed by atoms with Crippen LogP contribution in [-0.4, -0.2) is 41.6 Å². The molecule has 3 rings (SSSR count). The van der Waals surface area contributed by atoms with Crippen molar-refractivity contribution in [2.75, 3.05) is 35.4 Å². The number of carbonyl (C=O) groups excluding carboxylic acids is 1. The van der Waals surface area contributed by atoms with Gasteiger partial charge in [0.1, 0.15) is 5.69 Å². The SMILES string of the molecule is CC(=O)NC1CCN(c2nc(OCC(C)(C)C)nc3c2NNN3)C1. The fraction of sp³-hybridized carbons (Fsp3) is 0.667. The highest BCUT2D eigenvalue weighted by Crippen LogP contribution is 2.35. The number of hydrogen-bond donors (Lipinski definition) is 4. The summed E-state index contributed by atoms with van der Waals surface area (Å²) in [5, 5.41) is 2.96. The molecule has 1 aromatic rings. The number of aromatic nitrogens is 2. The molecule has 9 heteroatoms. The van der Waals surface area contributed by atoms with Crippen LogP contribution < -0.4 is 31.3 Å². The van der Waals surface area contributed by atoms with Crippen LogP contribution in [0.25, 0.3) is 0 Å². The van der Waals surface area contributed by atoms with E-state index in [1.165, 1.54) is 0 Å². The zero-order valence-electron chi connectivity index (χ0n) is 14.6. The summed E-state index contributed by atoms with van der Waals surface area (Å²) in [5.41, 5.74) is 9.64. The molecule has 0 spiro atoms. The number of nitrogens with one attached hydrogen (secondary N) is 4. The fourth-order valence-electron chi connectivity index (χ4n) is 2.72. The topological polar surface area (TPSA) is 103 Å². The van der Waals surface area contributed by atoms with Crippen molar-refractivity contribution >= 4 is 23.2 Å². The maximum Gasteiger partial charge on any atom is 0.320 e. The fourth-order valence-corrected chi connectivity index (χ4v) is 2.72. The summed E-state index contributed by atoms with van der Waals surface area (Å²) in [6, 6.07) is 0.481. The van der Waals surface area contributed by atoms with Crippen LogP contribution in [0, 0.1) is 5.41 Å². The second-order valence-corrected chi connectivity index (χ2v) is 7.41. The van der Waals surface area contributed by atoms with Crippen LogP contribution in [0.1, 0.15) is 34.1 Å². The molecular weight excluding hydrogens is 310 g/mol. The van der Waals surface area contributed by atoms with Crippen LogP contribution >= 0.6 is 0 Å². The van der Waals surface area contributed by atoms with E-state index in [2.05, 4.69) is 57.3 Å². The molecule has 0 radical (unpaired) electrons. The first-order valence-corrected chi connectivity index (χ1v) is 8.16. The molecule has 1 fully saturated rings. The van der Waals surface area contributed by atoms with Crippen LogP contribution in [0.2, 0.25) is 0 Å². The highest BCUT2D eigenvalue weighted by Gasteiger charge is 2.30. The van der Waals surface area contributed by atoms with Gasteiger partial charge in [0.05, 0.1) is 6.61 Å². The molecule has 1 aromatic heterocycles. The molecule has 1 unspecified atom stereocenters. The summed E-state index contributed by atoms with van der Waals surface area (Å²) in [5.74, 6) is 1.42. The van der Waals surface area contributed by atoms with Crippen LogP contribution in [0.15, 0.2) is 0 Å². The first-order chi connectivity index (χ1) is 11.3. The Labute approximate surface area is 141 Å². The van der Waals surface area contributed by atoms with Gasteiger partial charge in [0, 0.05) is 26.1 Å².